The van der Waals surface area contributed by atoms with Gasteiger partial charge in [0.25, 0.3) is 10.0 Å². The number of carbonyl (C=O) groups is 1. The lowest BCUT2D eigenvalue weighted by molar-refractivity contribution is -0.158. The summed E-state index contributed by atoms with van der Waals surface area (Å²) in [6, 6.07) is 17.2. The number of nitrogens with one attached hydrogen (secondary N) is 1. The number of hydrogen-bond donors (Lipinski definition) is 2. The van der Waals surface area contributed by atoms with Crippen LogP contribution in [0, 0.1) is 0 Å². The van der Waals surface area contributed by atoms with Gasteiger partial charge in [0.05, 0.1) is 18.4 Å². The lowest BCUT2D eigenvalue weighted by Gasteiger charge is -2.13. The first-order chi connectivity index (χ1) is 17.4. The predicted octanol–water partition coefficient (Wildman–Crippen LogP) is 5.98. The highest BCUT2D eigenvalue weighted by atomic mass is 32.2. The second-order valence-electron chi connectivity index (χ2n) is 7.83. The summed E-state index contributed by atoms with van der Waals surface area (Å²) in [7, 11) is -2.78. The number of hydrogen-bond acceptors (Lipinski definition) is 7. The molecular weight excluding hydrogens is 526 g/mol. The quantitative estimate of drug-likeness (QED) is 0.266. The number of sulfonamides is 1. The van der Waals surface area contributed by atoms with E-state index in [-0.39, 0.29) is 27.8 Å². The monoisotopic (exact) mass is 546 g/mol. The summed E-state index contributed by atoms with van der Waals surface area (Å²) in [6.45, 7) is 0.667. The van der Waals surface area contributed by atoms with E-state index in [4.69, 9.17) is 9.84 Å². The van der Waals surface area contributed by atoms with E-state index in [0.717, 1.165) is 22.5 Å². The van der Waals surface area contributed by atoms with Gasteiger partial charge in [0.1, 0.15) is 16.5 Å². The van der Waals surface area contributed by atoms with Crippen LogP contribution >= 0.6 is 11.3 Å². The van der Waals surface area contributed by atoms with Crippen LogP contribution in [-0.2, 0) is 10.0 Å². The molecule has 1 aromatic heterocycles. The number of ether oxygens (including phenoxy) is 2. The summed E-state index contributed by atoms with van der Waals surface area (Å²) in [4.78, 5) is 15.4. The van der Waals surface area contributed by atoms with Crippen molar-refractivity contribution in [2.45, 2.75) is 18.1 Å². The Labute approximate surface area is 215 Å². The number of methoxy groups -OCH3 is 1. The molecule has 4 aromatic rings. The van der Waals surface area contributed by atoms with E-state index in [0.29, 0.717) is 17.5 Å². The third-order valence-electron chi connectivity index (χ3n) is 5.07. The Hall–Kier alpha value is -4.03. The van der Waals surface area contributed by atoms with E-state index >= 15 is 0 Å². The van der Waals surface area contributed by atoms with E-state index in [2.05, 4.69) is 14.4 Å². The fourth-order valence-corrected chi connectivity index (χ4v) is 5.52. The van der Waals surface area contributed by atoms with E-state index in [1.165, 1.54) is 42.8 Å². The van der Waals surface area contributed by atoms with Gasteiger partial charge in [0.15, 0.2) is 5.03 Å². The highest BCUT2D eigenvalue weighted by Gasteiger charge is 2.23. The summed E-state index contributed by atoms with van der Waals surface area (Å²) in [5.74, 6) is -1.07. The van der Waals surface area contributed by atoms with Crippen molar-refractivity contribution in [1.29, 1.82) is 0 Å². The van der Waals surface area contributed by atoms with Gasteiger partial charge in [-0.05, 0) is 41.5 Å². The summed E-state index contributed by atoms with van der Waals surface area (Å²) >= 11 is 1.14. The van der Waals surface area contributed by atoms with Crippen molar-refractivity contribution in [3.8, 4) is 33.2 Å². The molecular formula is C25H20F2N2O6S2. The average molecular weight is 547 g/mol. The fourth-order valence-electron chi connectivity index (χ4n) is 3.35. The molecule has 2 N–H and O–H groups in total. The van der Waals surface area contributed by atoms with Crippen molar-refractivity contribution >= 4 is 33.0 Å². The molecule has 0 unspecified atom stereocenters. The molecule has 0 aliphatic heterocycles. The van der Waals surface area contributed by atoms with Gasteiger partial charge in [-0.25, -0.2) is 9.78 Å². The van der Waals surface area contributed by atoms with Gasteiger partial charge in [-0.1, -0.05) is 36.4 Å². The Morgan fingerprint density at radius 1 is 1.00 bits per heavy atom. The number of nitrogens with zero attached hydrogens (tertiary/aromatic N) is 1. The summed E-state index contributed by atoms with van der Waals surface area (Å²) < 4.78 is 63.8. The lowest BCUT2D eigenvalue weighted by Crippen LogP contribution is -2.18. The molecule has 12 heteroatoms. The van der Waals surface area contributed by atoms with Gasteiger partial charge in [-0.3, -0.25) is 4.72 Å². The highest BCUT2D eigenvalue weighted by Crippen LogP contribution is 2.32. The first-order valence-electron chi connectivity index (χ1n) is 10.6. The minimum Gasteiger partial charge on any atom is -0.495 e. The molecule has 1 heterocycles. The number of rotatable bonds is 9. The van der Waals surface area contributed by atoms with Crippen LogP contribution in [0.5, 0.6) is 11.5 Å². The zero-order valence-corrected chi connectivity index (χ0v) is 21.1. The van der Waals surface area contributed by atoms with Crippen LogP contribution in [0.2, 0.25) is 0 Å². The van der Waals surface area contributed by atoms with Crippen molar-refractivity contribution in [1.82, 2.24) is 4.98 Å². The summed E-state index contributed by atoms with van der Waals surface area (Å²) in [5, 5.41) is 10.8. The normalized spacial score (nSPS) is 11.7. The molecule has 0 amide bonds. The number of thiazole rings is 1. The first-order valence-corrected chi connectivity index (χ1v) is 13.0. The number of halogens is 2. The zero-order chi connectivity index (χ0) is 26.8. The number of alkyl halides is 2. The Morgan fingerprint density at radius 2 is 1.59 bits per heavy atom. The minimum atomic E-state index is -4.08. The van der Waals surface area contributed by atoms with E-state index in [9.17, 15) is 22.0 Å². The standard InChI is InChI=1S/C25H20F2N2O6S2/c1-25(26,27)35-19-10-7-16(8-11-19)15-3-5-17(6-4-15)23-28-22(14-36-23)37(32,33)29-20-12-9-18(24(30)31)13-21(20)34-2/h3-14,29H,1-2H3,(H,30,31). The third-order valence-corrected chi connectivity index (χ3v) is 7.36. The van der Waals surface area contributed by atoms with E-state index < -0.39 is 22.1 Å². The Kier molecular flexibility index (Phi) is 7.14. The Morgan fingerprint density at radius 3 is 2.16 bits per heavy atom. The van der Waals surface area contributed by atoms with Gasteiger partial charge < -0.3 is 14.6 Å². The first kappa shape index (κ1) is 26.0. The molecule has 4 rings (SSSR count). The maximum Gasteiger partial charge on any atom is 0.394 e. The molecule has 0 saturated carbocycles. The van der Waals surface area contributed by atoms with Crippen LogP contribution in [0.1, 0.15) is 17.3 Å². The Bertz CT molecular complexity index is 1530. The minimum absolute atomic E-state index is 0.0495. The van der Waals surface area contributed by atoms with Crippen LogP contribution in [0.15, 0.2) is 77.1 Å². The fraction of sp³-hybridized carbons (Fsp3) is 0.120. The van der Waals surface area contributed by atoms with Gasteiger partial charge in [-0.15, -0.1) is 11.3 Å². The number of anilines is 1. The number of aromatic nitrogens is 1. The zero-order valence-electron chi connectivity index (χ0n) is 19.4. The summed E-state index contributed by atoms with van der Waals surface area (Å²) in [6.07, 6.45) is -3.27. The molecule has 0 atom stereocenters. The van der Waals surface area contributed by atoms with Crippen LogP contribution in [-0.4, -0.2) is 37.7 Å². The molecule has 0 bridgehead atoms. The molecule has 8 nitrogen and oxygen atoms in total. The molecule has 0 aliphatic rings. The van der Waals surface area contributed by atoms with Gasteiger partial charge in [0, 0.05) is 17.9 Å². The van der Waals surface area contributed by atoms with Crippen molar-refractivity contribution in [3.63, 3.8) is 0 Å². The average Bonchev–Trinajstić information content (AvgIpc) is 3.35. The SMILES string of the molecule is COc1cc(C(=O)O)ccc1NS(=O)(=O)c1csc(-c2ccc(-c3ccc(OC(C)(F)F)cc3)cc2)n1. The second-order valence-corrected chi connectivity index (χ2v) is 10.3. The molecule has 192 valence electrons. The molecule has 0 aliphatic carbocycles. The van der Waals surface area contributed by atoms with Crippen LogP contribution < -0.4 is 14.2 Å². The number of carboxylic acids is 1. The smallest absolute Gasteiger partial charge is 0.394 e. The largest absolute Gasteiger partial charge is 0.495 e. The van der Waals surface area contributed by atoms with Gasteiger partial charge in [-0.2, -0.15) is 17.2 Å². The highest BCUT2D eigenvalue weighted by molar-refractivity contribution is 7.92. The maximum atomic E-state index is 13.0. The van der Waals surface area contributed by atoms with Crippen molar-refractivity contribution in [2.24, 2.45) is 0 Å². The van der Waals surface area contributed by atoms with E-state index in [1.54, 1.807) is 24.3 Å². The number of carboxylic acid groups (broad SMARTS) is 1. The number of aromatic carboxylic acids is 1. The van der Waals surface area contributed by atoms with Crippen LogP contribution in [0.4, 0.5) is 14.5 Å². The van der Waals surface area contributed by atoms with Crippen molar-refractivity contribution in [3.05, 3.63) is 77.7 Å². The molecule has 0 saturated heterocycles. The topological polar surface area (TPSA) is 115 Å². The van der Waals surface area contributed by atoms with Gasteiger partial charge in [0.2, 0.25) is 0 Å². The third kappa shape index (κ3) is 6.22. The van der Waals surface area contributed by atoms with Crippen molar-refractivity contribution in [2.75, 3.05) is 11.8 Å². The molecule has 0 radical (unpaired) electrons. The van der Waals surface area contributed by atoms with E-state index in [1.807, 2.05) is 12.1 Å². The molecule has 37 heavy (non-hydrogen) atoms. The predicted molar refractivity (Wildman–Crippen MR) is 135 cm³/mol. The van der Waals surface area contributed by atoms with Crippen LogP contribution in [0.3, 0.4) is 0 Å². The Balaban J connectivity index is 1.51. The molecule has 0 fully saturated rings. The maximum absolute atomic E-state index is 13.0. The molecule has 3 aromatic carbocycles. The van der Waals surface area contributed by atoms with Gasteiger partial charge >= 0.3 is 12.1 Å². The second kappa shape index (κ2) is 10.1. The molecule has 0 spiro atoms. The van der Waals surface area contributed by atoms with Crippen LogP contribution in [0.25, 0.3) is 21.7 Å². The lowest BCUT2D eigenvalue weighted by atomic mass is 10.0. The van der Waals surface area contributed by atoms with Crippen molar-refractivity contribution < 1.29 is 36.6 Å². The number of benzene rings is 3. The summed E-state index contributed by atoms with van der Waals surface area (Å²) in [5.41, 5.74) is 2.31.